The number of piperazine rings is 2. The van der Waals surface area contributed by atoms with Gasteiger partial charge in [-0.3, -0.25) is 0 Å². The van der Waals surface area contributed by atoms with E-state index in [1.807, 2.05) is 17.0 Å². The van der Waals surface area contributed by atoms with Crippen molar-refractivity contribution >= 4 is 11.9 Å². The van der Waals surface area contributed by atoms with E-state index in [4.69, 9.17) is 4.74 Å². The van der Waals surface area contributed by atoms with Crippen molar-refractivity contribution in [1.29, 1.82) is 0 Å². The Labute approximate surface area is 262 Å². The number of nitrogens with one attached hydrogen (secondary N) is 4. The number of aromatic carboxylic acids is 1. The number of ether oxygens (including phenoxy) is 1. The lowest BCUT2D eigenvalue weighted by Crippen LogP contribution is -2.44. The first kappa shape index (κ1) is 36.5. The summed E-state index contributed by atoms with van der Waals surface area (Å²) in [6, 6.07) is 8.76. The van der Waals surface area contributed by atoms with Gasteiger partial charge in [-0.15, -0.1) is 0 Å². The lowest BCUT2D eigenvalue weighted by atomic mass is 10.0. The number of rotatable bonds is 6. The molecule has 0 spiro atoms. The summed E-state index contributed by atoms with van der Waals surface area (Å²) in [6.07, 6.45) is -8.21. The number of para-hydroxylation sites is 1. The fourth-order valence-corrected chi connectivity index (χ4v) is 4.52. The van der Waals surface area contributed by atoms with Gasteiger partial charge < -0.3 is 36.0 Å². The van der Waals surface area contributed by atoms with Crippen LogP contribution in [-0.4, -0.2) is 87.6 Å². The largest absolute Gasteiger partial charge is 0.496 e. The molecule has 0 aliphatic carbocycles. The number of anilines is 1. The summed E-state index contributed by atoms with van der Waals surface area (Å²) in [4.78, 5) is 22.3. The predicted octanol–water partition coefficient (Wildman–Crippen LogP) is 3.88. The van der Waals surface area contributed by atoms with E-state index in [-0.39, 0.29) is 23.7 Å². The molecular formula is C30H37F6N7O3. The maximum atomic E-state index is 12.4. The lowest BCUT2D eigenvalue weighted by Gasteiger charge is -2.27. The van der Waals surface area contributed by atoms with E-state index in [0.29, 0.717) is 35.1 Å². The standard InChI is InChI=1S/C16H18N4O3.C10H9F6N.C4H10N2/c1-23-13-5-3-2-4-11(13)14-12(15(21)22)10-18-16(19-14)20-8-6-17-7-9-20;1-17-5-6-2-7(9(11,12)13)4-8(3-6)10(14,15)16;1-2-6-4-3-5-1/h2-5,10,17H,6-9H2,1H3,(H,21,22);2-4,17H,5H2,1H3;5-6H,1-4H2. The van der Waals surface area contributed by atoms with Gasteiger partial charge in [0.2, 0.25) is 5.95 Å². The molecule has 2 aliphatic rings. The fourth-order valence-electron chi connectivity index (χ4n) is 4.52. The quantitative estimate of drug-likeness (QED) is 0.250. The molecule has 3 heterocycles. The summed E-state index contributed by atoms with van der Waals surface area (Å²) in [5, 5.41) is 21.7. The van der Waals surface area contributed by atoms with Crippen LogP contribution in [0.2, 0.25) is 0 Å². The second-order valence-corrected chi connectivity index (χ2v) is 10.1. The molecule has 10 nitrogen and oxygen atoms in total. The first-order chi connectivity index (χ1) is 21.8. The topological polar surface area (TPSA) is 124 Å². The molecule has 46 heavy (non-hydrogen) atoms. The second kappa shape index (κ2) is 17.1. The van der Waals surface area contributed by atoms with Crippen LogP contribution >= 0.6 is 0 Å². The van der Waals surface area contributed by atoms with E-state index in [0.717, 1.165) is 52.4 Å². The van der Waals surface area contributed by atoms with Crippen molar-refractivity contribution in [2.45, 2.75) is 18.9 Å². The van der Waals surface area contributed by atoms with Crippen LogP contribution in [0, 0.1) is 0 Å². The van der Waals surface area contributed by atoms with Crippen LogP contribution in [0.5, 0.6) is 5.75 Å². The highest BCUT2D eigenvalue weighted by atomic mass is 19.4. The first-order valence-corrected chi connectivity index (χ1v) is 14.4. The predicted molar refractivity (Wildman–Crippen MR) is 161 cm³/mol. The zero-order valence-electron chi connectivity index (χ0n) is 25.4. The van der Waals surface area contributed by atoms with E-state index >= 15 is 0 Å². The van der Waals surface area contributed by atoms with Crippen LogP contribution in [0.4, 0.5) is 32.3 Å². The summed E-state index contributed by atoms with van der Waals surface area (Å²) < 4.78 is 79.7. The van der Waals surface area contributed by atoms with Crippen LogP contribution in [0.3, 0.4) is 0 Å². The van der Waals surface area contributed by atoms with Gasteiger partial charge >= 0.3 is 18.3 Å². The molecular weight excluding hydrogens is 620 g/mol. The van der Waals surface area contributed by atoms with Gasteiger partial charge in [-0.25, -0.2) is 14.8 Å². The Morgan fingerprint density at radius 3 is 1.93 bits per heavy atom. The Kier molecular flexibility index (Phi) is 13.5. The van der Waals surface area contributed by atoms with E-state index < -0.39 is 29.4 Å². The zero-order chi connectivity index (χ0) is 33.7. The van der Waals surface area contributed by atoms with Crippen LogP contribution < -0.4 is 30.9 Å². The Bertz CT molecular complexity index is 1370. The van der Waals surface area contributed by atoms with Crippen LogP contribution in [0.15, 0.2) is 48.7 Å². The smallest absolute Gasteiger partial charge is 0.416 e. The average molecular weight is 658 g/mol. The van der Waals surface area contributed by atoms with Gasteiger partial charge in [0.25, 0.3) is 0 Å². The lowest BCUT2D eigenvalue weighted by molar-refractivity contribution is -0.143. The Morgan fingerprint density at radius 2 is 1.46 bits per heavy atom. The monoisotopic (exact) mass is 657 g/mol. The van der Waals surface area contributed by atoms with Gasteiger partial charge in [-0.2, -0.15) is 26.3 Å². The van der Waals surface area contributed by atoms with Crippen molar-refractivity contribution in [2.24, 2.45) is 0 Å². The highest BCUT2D eigenvalue weighted by Gasteiger charge is 2.36. The van der Waals surface area contributed by atoms with Gasteiger partial charge in [0.1, 0.15) is 11.3 Å². The molecule has 3 aromatic rings. The van der Waals surface area contributed by atoms with Gasteiger partial charge in [0, 0.05) is 70.7 Å². The number of benzene rings is 2. The van der Waals surface area contributed by atoms with E-state index in [9.17, 15) is 36.2 Å². The SMILES string of the molecule is C1CNCCN1.CNCc1cc(C(F)(F)F)cc(C(F)(F)F)c1.COc1ccccc1-c1nc(N2CCNCC2)ncc1C(=O)O. The molecule has 0 unspecified atom stereocenters. The van der Waals surface area contributed by atoms with E-state index in [1.165, 1.54) is 13.2 Å². The number of hydrogen-bond donors (Lipinski definition) is 5. The summed E-state index contributed by atoms with van der Waals surface area (Å²) >= 11 is 0. The van der Waals surface area contributed by atoms with Crippen molar-refractivity contribution in [1.82, 2.24) is 31.2 Å². The second-order valence-electron chi connectivity index (χ2n) is 10.1. The van der Waals surface area contributed by atoms with Crippen LogP contribution in [0.25, 0.3) is 11.3 Å². The molecule has 5 rings (SSSR count). The van der Waals surface area contributed by atoms with Crippen LogP contribution in [0.1, 0.15) is 27.0 Å². The van der Waals surface area contributed by atoms with E-state index in [1.54, 1.807) is 19.2 Å². The van der Waals surface area contributed by atoms with Crippen molar-refractivity contribution in [3.05, 3.63) is 70.9 Å². The van der Waals surface area contributed by atoms with Crippen molar-refractivity contribution in [3.63, 3.8) is 0 Å². The number of alkyl halides is 6. The van der Waals surface area contributed by atoms with Crippen molar-refractivity contribution in [3.8, 4) is 17.0 Å². The van der Waals surface area contributed by atoms with Crippen molar-refractivity contribution in [2.75, 3.05) is 71.4 Å². The number of carboxylic acids is 1. The summed E-state index contributed by atoms with van der Waals surface area (Å²) in [7, 11) is 2.99. The number of halogens is 6. The molecule has 0 atom stereocenters. The highest BCUT2D eigenvalue weighted by molar-refractivity contribution is 5.95. The third kappa shape index (κ3) is 10.8. The molecule has 0 saturated carbocycles. The molecule has 2 aliphatic heterocycles. The van der Waals surface area contributed by atoms with E-state index in [2.05, 4.69) is 31.2 Å². The molecule has 2 aromatic carbocycles. The summed E-state index contributed by atoms with van der Waals surface area (Å²) in [5.74, 6) is 0.0649. The third-order valence-electron chi connectivity index (χ3n) is 6.75. The molecule has 2 fully saturated rings. The average Bonchev–Trinajstić information content (AvgIpc) is 3.05. The number of hydrogen-bond acceptors (Lipinski definition) is 9. The van der Waals surface area contributed by atoms with Crippen LogP contribution in [-0.2, 0) is 18.9 Å². The number of carboxylic acid groups (broad SMARTS) is 1. The number of carbonyl (C=O) groups is 1. The van der Waals surface area contributed by atoms with Gasteiger partial charge in [0.15, 0.2) is 0 Å². The Hall–Kier alpha value is -3.99. The molecule has 0 radical (unpaired) electrons. The zero-order valence-corrected chi connectivity index (χ0v) is 25.4. The van der Waals surface area contributed by atoms with Crippen molar-refractivity contribution < 1.29 is 41.0 Å². The summed E-state index contributed by atoms with van der Waals surface area (Å²) in [5.41, 5.74) is -1.57. The summed E-state index contributed by atoms with van der Waals surface area (Å²) in [6.45, 7) is 7.78. The maximum absolute atomic E-state index is 12.4. The number of nitrogens with zero attached hydrogens (tertiary/aromatic N) is 3. The number of methoxy groups -OCH3 is 1. The molecule has 0 bridgehead atoms. The fraction of sp³-hybridized carbons (Fsp3) is 0.433. The maximum Gasteiger partial charge on any atom is 0.416 e. The number of aromatic nitrogens is 2. The first-order valence-electron chi connectivity index (χ1n) is 14.4. The Morgan fingerprint density at radius 1 is 0.913 bits per heavy atom. The minimum atomic E-state index is -4.79. The molecule has 0 amide bonds. The minimum absolute atomic E-state index is 0.0605. The van der Waals surface area contributed by atoms with Gasteiger partial charge in [0.05, 0.1) is 23.9 Å². The molecule has 1 aromatic heterocycles. The minimum Gasteiger partial charge on any atom is -0.496 e. The third-order valence-corrected chi connectivity index (χ3v) is 6.75. The highest BCUT2D eigenvalue weighted by Crippen LogP contribution is 2.36. The molecule has 16 heteroatoms. The van der Waals surface area contributed by atoms with Gasteiger partial charge in [-0.1, -0.05) is 12.1 Å². The van der Waals surface area contributed by atoms with Gasteiger partial charge in [-0.05, 0) is 42.9 Å². The molecule has 5 N–H and O–H groups in total. The molecule has 252 valence electrons. The Balaban J connectivity index is 0.000000219. The normalized spacial score (nSPS) is 15.2. The molecule has 2 saturated heterocycles.